The van der Waals surface area contributed by atoms with E-state index in [9.17, 15) is 5.11 Å². The molecule has 1 N–H and O–H groups in total. The second kappa shape index (κ2) is 2.27. The third-order valence-electron chi connectivity index (χ3n) is 1.68. The fraction of sp³-hybridized carbons (Fsp3) is 0.125. The topological polar surface area (TPSA) is 35.8 Å². The van der Waals surface area contributed by atoms with Crippen molar-refractivity contribution in [2.24, 2.45) is 4.99 Å². The van der Waals surface area contributed by atoms with Crippen molar-refractivity contribution in [3.05, 3.63) is 36.0 Å². The molecule has 0 atom stereocenters. The lowest BCUT2D eigenvalue weighted by Crippen LogP contribution is -2.26. The molecule has 56 valence electrons. The minimum absolute atomic E-state index is 0.282. The Bertz CT molecular complexity index is 286. The van der Waals surface area contributed by atoms with Gasteiger partial charge in [-0.15, -0.1) is 0 Å². The Hall–Kier alpha value is -1.51. The lowest BCUT2D eigenvalue weighted by atomic mass is 10.2. The fourth-order valence-corrected chi connectivity index (χ4v) is 1.11. The summed E-state index contributed by atoms with van der Waals surface area (Å²) in [6, 6.07) is 0. The van der Waals surface area contributed by atoms with Crippen LogP contribution in [-0.2, 0) is 0 Å². The SMILES string of the molecule is OC1=CC=CC2=CN=CCN12. The van der Waals surface area contributed by atoms with Gasteiger partial charge in [-0.25, -0.2) is 0 Å². The third-order valence-corrected chi connectivity index (χ3v) is 1.68. The van der Waals surface area contributed by atoms with Gasteiger partial charge in [-0.3, -0.25) is 4.99 Å². The Balaban J connectivity index is 2.37. The molecule has 0 bridgehead atoms. The van der Waals surface area contributed by atoms with Crippen LogP contribution in [0.25, 0.3) is 0 Å². The van der Waals surface area contributed by atoms with E-state index in [-0.39, 0.29) is 5.88 Å². The highest BCUT2D eigenvalue weighted by Gasteiger charge is 2.14. The number of aliphatic hydroxyl groups excluding tert-OH is 1. The van der Waals surface area contributed by atoms with Gasteiger partial charge in [0.05, 0.1) is 18.4 Å². The average molecular weight is 148 g/mol. The van der Waals surface area contributed by atoms with Crippen LogP contribution in [0.2, 0.25) is 0 Å². The Labute approximate surface area is 64.7 Å². The largest absolute Gasteiger partial charge is 0.494 e. The van der Waals surface area contributed by atoms with Gasteiger partial charge in [0.1, 0.15) is 0 Å². The first-order valence-corrected chi connectivity index (χ1v) is 3.44. The van der Waals surface area contributed by atoms with Crippen LogP contribution >= 0.6 is 0 Å². The van der Waals surface area contributed by atoms with Gasteiger partial charge in [0.25, 0.3) is 0 Å². The standard InChI is InChI=1S/C8H8N2O/c11-8-3-1-2-7-6-9-4-5-10(7)8/h1-4,6,11H,5H2. The van der Waals surface area contributed by atoms with E-state index in [0.717, 1.165) is 5.70 Å². The summed E-state index contributed by atoms with van der Waals surface area (Å²) >= 11 is 0. The van der Waals surface area contributed by atoms with Crippen LogP contribution < -0.4 is 0 Å². The molecule has 0 aromatic rings. The van der Waals surface area contributed by atoms with E-state index in [1.165, 1.54) is 0 Å². The quantitative estimate of drug-likeness (QED) is 0.560. The van der Waals surface area contributed by atoms with E-state index in [0.29, 0.717) is 6.54 Å². The zero-order valence-electron chi connectivity index (χ0n) is 5.94. The van der Waals surface area contributed by atoms with Crippen molar-refractivity contribution < 1.29 is 5.11 Å². The summed E-state index contributed by atoms with van der Waals surface area (Å²) in [6.07, 6.45) is 8.86. The summed E-state index contributed by atoms with van der Waals surface area (Å²) in [7, 11) is 0. The molecule has 11 heavy (non-hydrogen) atoms. The molecule has 0 saturated carbocycles. The minimum atomic E-state index is 0.282. The number of hydrogen-bond donors (Lipinski definition) is 1. The Morgan fingerprint density at radius 2 is 2.45 bits per heavy atom. The molecule has 2 heterocycles. The van der Waals surface area contributed by atoms with Crippen molar-refractivity contribution in [1.82, 2.24) is 4.90 Å². The van der Waals surface area contributed by atoms with Gasteiger partial charge in [-0.05, 0) is 12.2 Å². The maximum Gasteiger partial charge on any atom is 0.191 e. The molecule has 0 unspecified atom stereocenters. The number of aliphatic hydroxyl groups is 1. The van der Waals surface area contributed by atoms with Gasteiger partial charge in [0.15, 0.2) is 5.88 Å². The van der Waals surface area contributed by atoms with E-state index in [4.69, 9.17) is 0 Å². The van der Waals surface area contributed by atoms with Crippen LogP contribution in [-0.4, -0.2) is 22.8 Å². The molecular formula is C8H8N2O. The normalized spacial score (nSPS) is 20.9. The maximum atomic E-state index is 9.34. The van der Waals surface area contributed by atoms with Crippen molar-refractivity contribution in [2.45, 2.75) is 0 Å². The second-order valence-electron chi connectivity index (χ2n) is 2.38. The molecule has 0 radical (unpaired) electrons. The molecule has 0 spiro atoms. The first-order chi connectivity index (χ1) is 5.38. The number of allylic oxidation sites excluding steroid dienone is 3. The summed E-state index contributed by atoms with van der Waals surface area (Å²) in [6.45, 7) is 0.651. The molecule has 2 aliphatic rings. The molecule has 0 aromatic heterocycles. The van der Waals surface area contributed by atoms with Crippen molar-refractivity contribution in [1.29, 1.82) is 0 Å². The van der Waals surface area contributed by atoms with Gasteiger partial charge in [-0.2, -0.15) is 0 Å². The van der Waals surface area contributed by atoms with Crippen LogP contribution in [0.3, 0.4) is 0 Å². The molecule has 0 saturated heterocycles. The molecule has 0 fully saturated rings. The number of rotatable bonds is 0. The van der Waals surface area contributed by atoms with Crippen molar-refractivity contribution in [3.8, 4) is 0 Å². The first-order valence-electron chi connectivity index (χ1n) is 3.44. The molecule has 0 amide bonds. The molecule has 3 heteroatoms. The predicted molar refractivity (Wildman–Crippen MR) is 43.1 cm³/mol. The molecule has 3 nitrogen and oxygen atoms in total. The van der Waals surface area contributed by atoms with Crippen molar-refractivity contribution in [3.63, 3.8) is 0 Å². The highest BCUT2D eigenvalue weighted by molar-refractivity contribution is 5.64. The number of nitrogens with zero attached hydrogens (tertiary/aromatic N) is 2. The van der Waals surface area contributed by atoms with Crippen molar-refractivity contribution >= 4 is 6.21 Å². The van der Waals surface area contributed by atoms with Crippen molar-refractivity contribution in [2.75, 3.05) is 6.54 Å². The number of hydrogen-bond acceptors (Lipinski definition) is 3. The highest BCUT2D eigenvalue weighted by Crippen LogP contribution is 2.18. The molecule has 0 aromatic carbocycles. The maximum absolute atomic E-state index is 9.34. The lowest BCUT2D eigenvalue weighted by Gasteiger charge is -2.26. The van der Waals surface area contributed by atoms with E-state index in [1.54, 1.807) is 29.5 Å². The first kappa shape index (κ1) is 6.22. The Kier molecular flexibility index (Phi) is 1.28. The van der Waals surface area contributed by atoms with Gasteiger partial charge >= 0.3 is 0 Å². The van der Waals surface area contributed by atoms with E-state index >= 15 is 0 Å². The van der Waals surface area contributed by atoms with Crippen LogP contribution in [0.5, 0.6) is 0 Å². The zero-order chi connectivity index (χ0) is 7.68. The Morgan fingerprint density at radius 3 is 3.27 bits per heavy atom. The number of fused-ring (bicyclic) bond motifs is 1. The zero-order valence-corrected chi connectivity index (χ0v) is 5.94. The minimum Gasteiger partial charge on any atom is -0.494 e. The summed E-state index contributed by atoms with van der Waals surface area (Å²) in [4.78, 5) is 5.76. The van der Waals surface area contributed by atoms with Gasteiger partial charge < -0.3 is 10.0 Å². The molecule has 2 aliphatic heterocycles. The molecular weight excluding hydrogens is 140 g/mol. The fourth-order valence-electron chi connectivity index (χ4n) is 1.11. The van der Waals surface area contributed by atoms with Gasteiger partial charge in [0.2, 0.25) is 0 Å². The van der Waals surface area contributed by atoms with E-state index in [1.807, 2.05) is 6.08 Å². The predicted octanol–water partition coefficient (Wildman–Crippen LogP) is 1.18. The summed E-state index contributed by atoms with van der Waals surface area (Å²) in [5.41, 5.74) is 0.938. The summed E-state index contributed by atoms with van der Waals surface area (Å²) in [5, 5.41) is 9.34. The molecule has 0 aliphatic carbocycles. The van der Waals surface area contributed by atoms with Crippen LogP contribution in [0, 0.1) is 0 Å². The van der Waals surface area contributed by atoms with Crippen LogP contribution in [0.15, 0.2) is 41.0 Å². The monoisotopic (exact) mass is 148 g/mol. The van der Waals surface area contributed by atoms with Gasteiger partial charge in [0, 0.05) is 6.21 Å². The highest BCUT2D eigenvalue weighted by atomic mass is 16.3. The van der Waals surface area contributed by atoms with E-state index < -0.39 is 0 Å². The lowest BCUT2D eigenvalue weighted by molar-refractivity contribution is 0.260. The third kappa shape index (κ3) is 0.941. The summed E-state index contributed by atoms with van der Waals surface area (Å²) < 4.78 is 0. The van der Waals surface area contributed by atoms with E-state index in [2.05, 4.69) is 4.99 Å². The Morgan fingerprint density at radius 1 is 1.55 bits per heavy atom. The van der Waals surface area contributed by atoms with Gasteiger partial charge in [-0.1, -0.05) is 6.08 Å². The smallest absolute Gasteiger partial charge is 0.191 e. The molecule has 2 rings (SSSR count). The number of aliphatic imine (C=N–C) groups is 1. The second-order valence-corrected chi connectivity index (χ2v) is 2.38. The van der Waals surface area contributed by atoms with Crippen LogP contribution in [0.4, 0.5) is 0 Å². The average Bonchev–Trinajstić information content (AvgIpc) is 2.06. The van der Waals surface area contributed by atoms with Crippen LogP contribution in [0.1, 0.15) is 0 Å². The summed E-state index contributed by atoms with van der Waals surface area (Å²) in [5.74, 6) is 0.282.